The van der Waals surface area contributed by atoms with E-state index in [0.717, 1.165) is 52.0 Å². The fourth-order valence-electron chi connectivity index (χ4n) is 5.38. The summed E-state index contributed by atoms with van der Waals surface area (Å²) in [6.45, 7) is 5.46. The highest BCUT2D eigenvalue weighted by Gasteiger charge is 2.31. The number of rotatable bonds is 8. The fraction of sp³-hybridized carbons (Fsp3) is 0.556. The predicted octanol–water partition coefficient (Wildman–Crippen LogP) is 3.85. The topological polar surface area (TPSA) is 39.7 Å². The molecule has 5 nitrogen and oxygen atoms in total. The van der Waals surface area contributed by atoms with E-state index in [4.69, 9.17) is 0 Å². The lowest BCUT2D eigenvalue weighted by Crippen LogP contribution is -2.49. The summed E-state index contributed by atoms with van der Waals surface area (Å²) in [4.78, 5) is 24.1. The second-order valence-electron chi connectivity index (χ2n) is 9.59. The van der Waals surface area contributed by atoms with Crippen LogP contribution in [-0.2, 0) is 17.8 Å². The molecule has 0 spiro atoms. The Bertz CT molecular complexity index is 814. The van der Waals surface area contributed by atoms with Crippen LogP contribution in [-0.4, -0.2) is 71.4 Å². The number of pyridine rings is 1. The third kappa shape index (κ3) is 6.39. The first-order valence-corrected chi connectivity index (χ1v) is 12.3. The minimum atomic E-state index is 0.327. The van der Waals surface area contributed by atoms with Crippen LogP contribution in [0.15, 0.2) is 54.9 Å². The van der Waals surface area contributed by atoms with Gasteiger partial charge < -0.3 is 4.90 Å². The van der Waals surface area contributed by atoms with Gasteiger partial charge in [-0.2, -0.15) is 0 Å². The highest BCUT2D eigenvalue weighted by molar-refractivity contribution is 5.78. The maximum atomic E-state index is 12.9. The lowest BCUT2D eigenvalue weighted by Gasteiger charge is -2.40. The quantitative estimate of drug-likeness (QED) is 0.633. The number of carbonyl (C=O) groups excluding carboxylic acids is 1. The van der Waals surface area contributed by atoms with Gasteiger partial charge in [0, 0.05) is 38.1 Å². The summed E-state index contributed by atoms with van der Waals surface area (Å²) in [7, 11) is 2.24. The van der Waals surface area contributed by atoms with E-state index in [0.29, 0.717) is 24.4 Å². The summed E-state index contributed by atoms with van der Waals surface area (Å²) < 4.78 is 0. The SMILES string of the molecule is CN(Cc1cccnc1)[C@H](Cc1ccccc1)C1CCN(C(=O)CN2CCCCC2)CC1. The summed E-state index contributed by atoms with van der Waals surface area (Å²) in [5, 5.41) is 0. The van der Waals surface area contributed by atoms with Crippen molar-refractivity contribution in [2.75, 3.05) is 39.8 Å². The number of amides is 1. The third-order valence-electron chi connectivity index (χ3n) is 7.25. The second-order valence-corrected chi connectivity index (χ2v) is 9.59. The summed E-state index contributed by atoms with van der Waals surface area (Å²) >= 11 is 0. The monoisotopic (exact) mass is 434 g/mol. The molecule has 0 N–H and O–H groups in total. The van der Waals surface area contributed by atoms with E-state index in [2.05, 4.69) is 63.1 Å². The first-order valence-electron chi connectivity index (χ1n) is 12.3. The standard InChI is InChI=1S/C27H38N4O/c1-29(21-24-11-8-14-28-20-24)26(19-23-9-4-2-5-10-23)25-12-17-31(18-13-25)27(32)22-30-15-6-3-7-16-30/h2,4-5,8-11,14,20,25-26H,3,6-7,12-13,15-19,21-22H2,1H3/t26-/m1/s1. The van der Waals surface area contributed by atoms with Gasteiger partial charge >= 0.3 is 0 Å². The van der Waals surface area contributed by atoms with E-state index >= 15 is 0 Å². The van der Waals surface area contributed by atoms with Crippen LogP contribution in [0.5, 0.6) is 0 Å². The normalized spacial score (nSPS) is 19.2. The van der Waals surface area contributed by atoms with Crippen molar-refractivity contribution < 1.29 is 4.79 Å². The Morgan fingerprint density at radius 1 is 1.00 bits per heavy atom. The summed E-state index contributed by atoms with van der Waals surface area (Å²) in [5.74, 6) is 0.921. The molecule has 2 aliphatic rings. The van der Waals surface area contributed by atoms with Crippen LogP contribution >= 0.6 is 0 Å². The highest BCUT2D eigenvalue weighted by atomic mass is 16.2. The molecule has 1 aromatic carbocycles. The van der Waals surface area contributed by atoms with Crippen molar-refractivity contribution >= 4 is 5.91 Å². The van der Waals surface area contributed by atoms with Gasteiger partial charge in [0.15, 0.2) is 0 Å². The zero-order chi connectivity index (χ0) is 22.2. The number of carbonyl (C=O) groups is 1. The van der Waals surface area contributed by atoms with Gasteiger partial charge in [-0.1, -0.05) is 42.8 Å². The maximum absolute atomic E-state index is 12.9. The molecule has 5 heteroatoms. The molecule has 1 amide bonds. The van der Waals surface area contributed by atoms with E-state index in [1.54, 1.807) is 0 Å². The van der Waals surface area contributed by atoms with E-state index in [-0.39, 0.29) is 0 Å². The third-order valence-corrected chi connectivity index (χ3v) is 7.25. The van der Waals surface area contributed by atoms with Crippen molar-refractivity contribution in [3.8, 4) is 0 Å². The molecular formula is C27H38N4O. The number of benzene rings is 1. The highest BCUT2D eigenvalue weighted by Crippen LogP contribution is 2.27. The van der Waals surface area contributed by atoms with Crippen LogP contribution in [0.25, 0.3) is 0 Å². The molecule has 4 rings (SSSR count). The minimum Gasteiger partial charge on any atom is -0.342 e. The van der Waals surface area contributed by atoms with Gasteiger partial charge in [0.25, 0.3) is 0 Å². The van der Waals surface area contributed by atoms with Gasteiger partial charge in [0.2, 0.25) is 5.91 Å². The average Bonchev–Trinajstić information content (AvgIpc) is 2.84. The molecule has 0 saturated carbocycles. The molecule has 1 atom stereocenters. The van der Waals surface area contributed by atoms with Crippen LogP contribution in [0.1, 0.15) is 43.2 Å². The molecule has 2 saturated heterocycles. The van der Waals surface area contributed by atoms with Crippen molar-refractivity contribution in [2.45, 2.75) is 51.1 Å². The van der Waals surface area contributed by atoms with Gasteiger partial charge in [-0.25, -0.2) is 0 Å². The first-order chi connectivity index (χ1) is 15.7. The molecule has 0 radical (unpaired) electrons. The molecule has 2 aromatic rings. The van der Waals surface area contributed by atoms with Crippen LogP contribution in [0.4, 0.5) is 0 Å². The number of hydrogen-bond donors (Lipinski definition) is 0. The molecule has 0 bridgehead atoms. The summed E-state index contributed by atoms with van der Waals surface area (Å²) in [6, 6.07) is 15.5. The van der Waals surface area contributed by atoms with E-state index in [1.165, 1.54) is 30.4 Å². The van der Waals surface area contributed by atoms with Gasteiger partial charge in [0.05, 0.1) is 6.54 Å². The Morgan fingerprint density at radius 3 is 2.41 bits per heavy atom. The Kier molecular flexibility index (Phi) is 8.30. The molecule has 32 heavy (non-hydrogen) atoms. The van der Waals surface area contributed by atoms with Crippen LogP contribution < -0.4 is 0 Å². The van der Waals surface area contributed by atoms with Gasteiger partial charge in [0.1, 0.15) is 0 Å². The smallest absolute Gasteiger partial charge is 0.236 e. The minimum absolute atomic E-state index is 0.327. The molecule has 2 aliphatic heterocycles. The van der Waals surface area contributed by atoms with Crippen molar-refractivity contribution in [3.05, 3.63) is 66.0 Å². The molecule has 2 fully saturated rings. The van der Waals surface area contributed by atoms with Crippen LogP contribution in [0, 0.1) is 5.92 Å². The zero-order valence-corrected chi connectivity index (χ0v) is 19.5. The number of nitrogens with zero attached hydrogens (tertiary/aromatic N) is 4. The number of hydrogen-bond acceptors (Lipinski definition) is 4. The van der Waals surface area contributed by atoms with Gasteiger partial charge in [-0.15, -0.1) is 0 Å². The van der Waals surface area contributed by atoms with Crippen molar-refractivity contribution in [3.63, 3.8) is 0 Å². The number of aromatic nitrogens is 1. The number of likely N-dealkylation sites (tertiary alicyclic amines) is 2. The Morgan fingerprint density at radius 2 is 1.72 bits per heavy atom. The fourth-order valence-corrected chi connectivity index (χ4v) is 5.38. The average molecular weight is 435 g/mol. The largest absolute Gasteiger partial charge is 0.342 e. The summed E-state index contributed by atoms with van der Waals surface area (Å²) in [5.41, 5.74) is 2.64. The lowest BCUT2D eigenvalue weighted by molar-refractivity contribution is -0.134. The van der Waals surface area contributed by atoms with E-state index in [1.807, 2.05) is 18.5 Å². The van der Waals surface area contributed by atoms with Gasteiger partial charge in [-0.05, 0) is 75.4 Å². The Hall–Kier alpha value is -2.24. The van der Waals surface area contributed by atoms with Crippen molar-refractivity contribution in [2.24, 2.45) is 5.92 Å². The number of likely N-dealkylation sites (N-methyl/N-ethyl adjacent to an activating group) is 1. The molecular weight excluding hydrogens is 396 g/mol. The van der Waals surface area contributed by atoms with Crippen molar-refractivity contribution in [1.82, 2.24) is 19.7 Å². The Balaban J connectivity index is 1.37. The van der Waals surface area contributed by atoms with Crippen molar-refractivity contribution in [1.29, 1.82) is 0 Å². The van der Waals surface area contributed by atoms with E-state index < -0.39 is 0 Å². The summed E-state index contributed by atoms with van der Waals surface area (Å²) in [6.07, 6.45) is 10.8. The second kappa shape index (κ2) is 11.6. The Labute approximate surface area is 193 Å². The maximum Gasteiger partial charge on any atom is 0.236 e. The zero-order valence-electron chi connectivity index (χ0n) is 19.5. The molecule has 172 valence electrons. The molecule has 1 aromatic heterocycles. The van der Waals surface area contributed by atoms with Crippen LogP contribution in [0.2, 0.25) is 0 Å². The molecule has 0 aliphatic carbocycles. The van der Waals surface area contributed by atoms with Crippen LogP contribution in [0.3, 0.4) is 0 Å². The van der Waals surface area contributed by atoms with E-state index in [9.17, 15) is 4.79 Å². The number of piperidine rings is 2. The first kappa shape index (κ1) is 22.9. The molecule has 3 heterocycles. The van der Waals surface area contributed by atoms with Gasteiger partial charge in [-0.3, -0.25) is 19.6 Å². The molecule has 0 unspecified atom stereocenters. The predicted molar refractivity (Wildman–Crippen MR) is 129 cm³/mol. The lowest BCUT2D eigenvalue weighted by atomic mass is 9.84.